The van der Waals surface area contributed by atoms with E-state index in [-0.39, 0.29) is 6.03 Å². The highest BCUT2D eigenvalue weighted by atomic mass is 16.2. The van der Waals surface area contributed by atoms with Crippen LogP contribution < -0.4 is 15.5 Å². The van der Waals surface area contributed by atoms with E-state index >= 15 is 0 Å². The summed E-state index contributed by atoms with van der Waals surface area (Å²) >= 11 is 0. The van der Waals surface area contributed by atoms with Gasteiger partial charge in [-0.1, -0.05) is 17.7 Å². The number of carbonyl (C=O) groups excluding carboxylic acids is 1. The van der Waals surface area contributed by atoms with Crippen LogP contribution in [0.4, 0.5) is 22.1 Å². The topological polar surface area (TPSA) is 70.2 Å². The van der Waals surface area contributed by atoms with Crippen molar-refractivity contribution >= 4 is 23.4 Å². The van der Waals surface area contributed by atoms with Crippen molar-refractivity contribution in [1.29, 1.82) is 0 Å². The van der Waals surface area contributed by atoms with E-state index in [1.165, 1.54) is 24.7 Å². The first kappa shape index (κ1) is 15.3. The Bertz CT molecular complexity index is 710. The highest BCUT2D eigenvalue weighted by Gasteiger charge is 2.14. The lowest BCUT2D eigenvalue weighted by molar-refractivity contribution is 0.262. The fraction of sp³-hybridized carbons (Fsp3) is 0.353. The van der Waals surface area contributed by atoms with Crippen molar-refractivity contribution < 1.29 is 4.79 Å². The molecule has 1 aromatic heterocycles. The van der Waals surface area contributed by atoms with Gasteiger partial charge in [0, 0.05) is 24.8 Å². The molecule has 2 N–H and O–H groups in total. The fourth-order valence-corrected chi connectivity index (χ4v) is 2.76. The van der Waals surface area contributed by atoms with Gasteiger partial charge >= 0.3 is 6.03 Å². The van der Waals surface area contributed by atoms with E-state index in [9.17, 15) is 4.79 Å². The molecule has 6 nitrogen and oxygen atoms in total. The number of benzene rings is 1. The lowest BCUT2D eigenvalue weighted by atomic mass is 10.1. The maximum atomic E-state index is 12.2. The maximum absolute atomic E-state index is 12.2. The molecule has 2 amide bonds. The molecule has 0 radical (unpaired) electrons. The predicted molar refractivity (Wildman–Crippen MR) is 92.0 cm³/mol. The number of rotatable bonds is 3. The van der Waals surface area contributed by atoms with Gasteiger partial charge in [-0.3, -0.25) is 5.32 Å². The molecule has 1 aliphatic heterocycles. The van der Waals surface area contributed by atoms with Crippen LogP contribution in [0.1, 0.15) is 24.0 Å². The summed E-state index contributed by atoms with van der Waals surface area (Å²) in [6.07, 6.45) is 3.85. The smallest absolute Gasteiger partial charge is 0.324 e. The zero-order valence-corrected chi connectivity index (χ0v) is 13.5. The molecule has 23 heavy (non-hydrogen) atoms. The van der Waals surface area contributed by atoms with Crippen LogP contribution in [0.15, 0.2) is 30.6 Å². The van der Waals surface area contributed by atoms with Crippen LogP contribution >= 0.6 is 0 Å². The second-order valence-electron chi connectivity index (χ2n) is 5.85. The summed E-state index contributed by atoms with van der Waals surface area (Å²) in [5.74, 6) is 1.36. The van der Waals surface area contributed by atoms with Gasteiger partial charge in [0.25, 0.3) is 0 Å². The molecule has 0 unspecified atom stereocenters. The third-order valence-electron chi connectivity index (χ3n) is 3.95. The zero-order chi connectivity index (χ0) is 16.2. The second kappa shape index (κ2) is 6.64. The predicted octanol–water partition coefficient (Wildman–Crippen LogP) is 3.34. The first-order valence-corrected chi connectivity index (χ1v) is 7.84. The Morgan fingerprint density at radius 3 is 2.61 bits per heavy atom. The van der Waals surface area contributed by atoms with Gasteiger partial charge in [0.2, 0.25) is 0 Å². The number of anilines is 3. The SMILES string of the molecule is Cc1ccc(NC(=O)Nc2cc(N3CCCC3)ncn2)c(C)c1. The molecule has 2 heterocycles. The van der Waals surface area contributed by atoms with Crippen LogP contribution in [-0.2, 0) is 0 Å². The number of amides is 2. The number of nitrogens with zero attached hydrogens (tertiary/aromatic N) is 3. The summed E-state index contributed by atoms with van der Waals surface area (Å²) in [6.45, 7) is 6.01. The Balaban J connectivity index is 1.66. The van der Waals surface area contributed by atoms with Crippen molar-refractivity contribution in [2.45, 2.75) is 26.7 Å². The van der Waals surface area contributed by atoms with Gasteiger partial charge in [0.05, 0.1) is 0 Å². The Hall–Kier alpha value is -2.63. The first-order chi connectivity index (χ1) is 11.1. The Morgan fingerprint density at radius 1 is 1.09 bits per heavy atom. The third-order valence-corrected chi connectivity index (χ3v) is 3.95. The number of aromatic nitrogens is 2. The van der Waals surface area contributed by atoms with Crippen LogP contribution in [0.25, 0.3) is 0 Å². The molecule has 1 aliphatic rings. The van der Waals surface area contributed by atoms with Crippen LogP contribution in [0.2, 0.25) is 0 Å². The lowest BCUT2D eigenvalue weighted by Gasteiger charge is -2.16. The van der Waals surface area contributed by atoms with Gasteiger partial charge in [-0.15, -0.1) is 0 Å². The quantitative estimate of drug-likeness (QED) is 0.912. The summed E-state index contributed by atoms with van der Waals surface area (Å²) in [5, 5.41) is 5.62. The Morgan fingerprint density at radius 2 is 1.87 bits per heavy atom. The zero-order valence-electron chi connectivity index (χ0n) is 13.5. The lowest BCUT2D eigenvalue weighted by Crippen LogP contribution is -2.22. The Labute approximate surface area is 135 Å². The molecule has 1 saturated heterocycles. The summed E-state index contributed by atoms with van der Waals surface area (Å²) < 4.78 is 0. The molecule has 0 spiro atoms. The summed E-state index contributed by atoms with van der Waals surface area (Å²) in [7, 11) is 0. The van der Waals surface area contributed by atoms with Crippen LogP contribution in [0.3, 0.4) is 0 Å². The van der Waals surface area contributed by atoms with Gasteiger partial charge in [-0.2, -0.15) is 0 Å². The molecule has 1 aromatic carbocycles. The summed E-state index contributed by atoms with van der Waals surface area (Å²) in [6, 6.07) is 7.42. The minimum Gasteiger partial charge on any atom is -0.356 e. The molecule has 0 saturated carbocycles. The van der Waals surface area contributed by atoms with Gasteiger partial charge in [-0.05, 0) is 38.3 Å². The summed E-state index contributed by atoms with van der Waals surface area (Å²) in [5.41, 5.74) is 2.99. The maximum Gasteiger partial charge on any atom is 0.324 e. The van der Waals surface area contributed by atoms with Gasteiger partial charge in [0.15, 0.2) is 0 Å². The van der Waals surface area contributed by atoms with Crippen molar-refractivity contribution in [3.8, 4) is 0 Å². The van der Waals surface area contributed by atoms with Crippen molar-refractivity contribution in [3.63, 3.8) is 0 Å². The molecule has 0 aliphatic carbocycles. The molecule has 2 aromatic rings. The van der Waals surface area contributed by atoms with Gasteiger partial charge in [0.1, 0.15) is 18.0 Å². The minimum absolute atomic E-state index is 0.303. The molecule has 0 bridgehead atoms. The normalized spacial score (nSPS) is 13.9. The molecule has 120 valence electrons. The van der Waals surface area contributed by atoms with Crippen LogP contribution in [0, 0.1) is 13.8 Å². The second-order valence-corrected chi connectivity index (χ2v) is 5.85. The number of carbonyl (C=O) groups is 1. The number of hydrogen-bond donors (Lipinski definition) is 2. The molecule has 1 fully saturated rings. The standard InChI is InChI=1S/C17H21N5O/c1-12-5-6-14(13(2)9-12)20-17(23)21-15-10-16(19-11-18-15)22-7-3-4-8-22/h5-6,9-11H,3-4,7-8H2,1-2H3,(H2,18,19,20,21,23). The van der Waals surface area contributed by atoms with E-state index in [1.807, 2.05) is 38.1 Å². The number of nitrogens with one attached hydrogen (secondary N) is 2. The first-order valence-electron chi connectivity index (χ1n) is 7.84. The van der Waals surface area contributed by atoms with E-state index in [4.69, 9.17) is 0 Å². The number of urea groups is 1. The van der Waals surface area contributed by atoms with Crippen LogP contribution in [0.5, 0.6) is 0 Å². The van der Waals surface area contributed by atoms with Gasteiger partial charge in [-0.25, -0.2) is 14.8 Å². The highest BCUT2D eigenvalue weighted by molar-refractivity contribution is 5.99. The number of aryl methyl sites for hydroxylation is 2. The van der Waals surface area contributed by atoms with E-state index < -0.39 is 0 Å². The average Bonchev–Trinajstić information content (AvgIpc) is 3.05. The highest BCUT2D eigenvalue weighted by Crippen LogP contribution is 2.20. The Kier molecular flexibility index (Phi) is 4.41. The van der Waals surface area contributed by atoms with E-state index in [0.717, 1.165) is 30.2 Å². The number of hydrogen-bond acceptors (Lipinski definition) is 4. The molecule has 3 rings (SSSR count). The van der Waals surface area contributed by atoms with Gasteiger partial charge < -0.3 is 10.2 Å². The van der Waals surface area contributed by atoms with Crippen LogP contribution in [-0.4, -0.2) is 29.1 Å². The van der Waals surface area contributed by atoms with E-state index in [2.05, 4.69) is 25.5 Å². The third kappa shape index (κ3) is 3.77. The largest absolute Gasteiger partial charge is 0.356 e. The molecular formula is C17H21N5O. The van der Waals surface area contributed by atoms with Crippen molar-refractivity contribution in [2.75, 3.05) is 28.6 Å². The van der Waals surface area contributed by atoms with E-state index in [0.29, 0.717) is 5.82 Å². The van der Waals surface area contributed by atoms with Crippen molar-refractivity contribution in [1.82, 2.24) is 9.97 Å². The fourth-order valence-electron chi connectivity index (χ4n) is 2.76. The molecule has 6 heteroatoms. The minimum atomic E-state index is -0.303. The molecule has 0 atom stereocenters. The monoisotopic (exact) mass is 311 g/mol. The average molecular weight is 311 g/mol. The summed E-state index contributed by atoms with van der Waals surface area (Å²) in [4.78, 5) is 22.8. The molecular weight excluding hydrogens is 290 g/mol. The van der Waals surface area contributed by atoms with E-state index in [1.54, 1.807) is 0 Å². The van der Waals surface area contributed by atoms with Crippen molar-refractivity contribution in [3.05, 3.63) is 41.7 Å². The van der Waals surface area contributed by atoms with Crippen molar-refractivity contribution in [2.24, 2.45) is 0 Å².